The van der Waals surface area contributed by atoms with E-state index in [0.717, 1.165) is 36.1 Å². The molecule has 1 aliphatic rings. The van der Waals surface area contributed by atoms with Gasteiger partial charge in [0.25, 0.3) is 5.89 Å². The van der Waals surface area contributed by atoms with Gasteiger partial charge in [-0.05, 0) is 61.9 Å². The first-order valence-corrected chi connectivity index (χ1v) is 11.3. The predicted molar refractivity (Wildman–Crippen MR) is 121 cm³/mol. The van der Waals surface area contributed by atoms with Gasteiger partial charge >= 0.3 is 5.97 Å². The summed E-state index contributed by atoms with van der Waals surface area (Å²) in [6.07, 6.45) is 4.45. The van der Waals surface area contributed by atoms with Gasteiger partial charge in [0.05, 0.1) is 18.2 Å². The second kappa shape index (κ2) is 10.0. The van der Waals surface area contributed by atoms with Gasteiger partial charge in [-0.2, -0.15) is 4.98 Å². The fraction of sp³-hybridized carbons (Fsp3) is 0.440. The maximum atomic E-state index is 11.7. The Balaban J connectivity index is 1.30. The van der Waals surface area contributed by atoms with Crippen LogP contribution in [0, 0.1) is 11.8 Å². The quantitative estimate of drug-likeness (QED) is 0.498. The van der Waals surface area contributed by atoms with Crippen LogP contribution in [0.1, 0.15) is 44.9 Å². The third kappa shape index (κ3) is 5.40. The zero-order valence-electron chi connectivity index (χ0n) is 18.9. The Kier molecular flexibility index (Phi) is 6.95. The average molecular weight is 435 g/mol. The summed E-state index contributed by atoms with van der Waals surface area (Å²) in [5.74, 6) is 1.59. The van der Waals surface area contributed by atoms with Crippen LogP contribution in [0.25, 0.3) is 22.8 Å². The molecule has 2 aromatic heterocycles. The van der Waals surface area contributed by atoms with Gasteiger partial charge in [-0.3, -0.25) is 9.78 Å². The molecule has 0 atom stereocenters. The van der Waals surface area contributed by atoms with Crippen LogP contribution in [0.15, 0.2) is 47.1 Å². The van der Waals surface area contributed by atoms with E-state index in [4.69, 9.17) is 9.26 Å². The summed E-state index contributed by atoms with van der Waals surface area (Å²) in [4.78, 5) is 20.7. The second-order valence-corrected chi connectivity index (χ2v) is 8.75. The molecule has 0 saturated heterocycles. The topological polar surface area (TPSA) is 90.1 Å². The fourth-order valence-corrected chi connectivity index (χ4v) is 3.86. The van der Waals surface area contributed by atoms with Crippen LogP contribution in [0.2, 0.25) is 0 Å². The number of nitrogens with one attached hydrogen (secondary N) is 1. The Hall–Kier alpha value is -3.06. The number of carbonyl (C=O) groups is 1. The number of carbonyl (C=O) groups excluding carboxylic acids is 1. The molecule has 0 radical (unpaired) electrons. The van der Waals surface area contributed by atoms with Crippen molar-refractivity contribution in [1.29, 1.82) is 0 Å². The molecule has 0 unspecified atom stereocenters. The van der Waals surface area contributed by atoms with Gasteiger partial charge in [-0.25, -0.2) is 0 Å². The molecule has 0 aliphatic heterocycles. The van der Waals surface area contributed by atoms with Gasteiger partial charge in [-0.1, -0.05) is 31.1 Å². The molecule has 1 fully saturated rings. The minimum Gasteiger partial charge on any atom is -0.466 e. The zero-order chi connectivity index (χ0) is 22.5. The van der Waals surface area contributed by atoms with E-state index in [9.17, 15) is 4.79 Å². The minimum absolute atomic E-state index is 0.0293. The van der Waals surface area contributed by atoms with Crippen molar-refractivity contribution in [3.05, 3.63) is 53.9 Å². The highest BCUT2D eigenvalue weighted by atomic mass is 16.5. The van der Waals surface area contributed by atoms with Crippen LogP contribution in [0.3, 0.4) is 0 Å². The van der Waals surface area contributed by atoms with Crippen molar-refractivity contribution >= 4 is 5.97 Å². The minimum atomic E-state index is -0.0842. The summed E-state index contributed by atoms with van der Waals surface area (Å²) in [5.41, 5.74) is 3.95. The van der Waals surface area contributed by atoms with E-state index in [1.165, 1.54) is 5.56 Å². The Bertz CT molecular complexity index is 1020. The Morgan fingerprint density at radius 3 is 2.56 bits per heavy atom. The molecule has 32 heavy (non-hydrogen) atoms. The monoisotopic (exact) mass is 434 g/mol. The van der Waals surface area contributed by atoms with E-state index in [2.05, 4.69) is 46.4 Å². The molecule has 1 aliphatic carbocycles. The van der Waals surface area contributed by atoms with Crippen molar-refractivity contribution < 1.29 is 14.1 Å². The van der Waals surface area contributed by atoms with Crippen molar-refractivity contribution in [2.75, 3.05) is 6.61 Å². The van der Waals surface area contributed by atoms with Crippen LogP contribution in [0.4, 0.5) is 0 Å². The summed E-state index contributed by atoms with van der Waals surface area (Å²) in [5, 5.41) is 7.56. The summed E-state index contributed by atoms with van der Waals surface area (Å²) < 4.78 is 10.5. The predicted octanol–water partition coefficient (Wildman–Crippen LogP) is 4.43. The number of esters is 1. The third-order valence-corrected chi connectivity index (χ3v) is 5.68. The van der Waals surface area contributed by atoms with Gasteiger partial charge in [0.1, 0.15) is 0 Å². The second-order valence-electron chi connectivity index (χ2n) is 8.75. The van der Waals surface area contributed by atoms with Gasteiger partial charge in [0, 0.05) is 29.9 Å². The molecular weight excluding hydrogens is 404 g/mol. The third-order valence-electron chi connectivity index (χ3n) is 5.68. The standard InChI is InChI=1S/C25H30N4O3/c1-4-31-25(30)20-12-22(13-20)27-15-21-10-9-19(14-26-21)23-28-24(32-29-23)18-7-5-17(6-8-18)11-16(2)3/h5-10,14,16,20,22,27H,4,11-13,15H2,1-3H3. The number of rotatable bonds is 9. The lowest BCUT2D eigenvalue weighted by Gasteiger charge is -2.34. The maximum Gasteiger partial charge on any atom is 0.309 e. The van der Waals surface area contributed by atoms with Crippen LogP contribution in [0.5, 0.6) is 0 Å². The van der Waals surface area contributed by atoms with Crippen LogP contribution >= 0.6 is 0 Å². The summed E-state index contributed by atoms with van der Waals surface area (Å²) >= 11 is 0. The number of aromatic nitrogens is 3. The van der Waals surface area contributed by atoms with Crippen LogP contribution in [-0.2, 0) is 22.5 Å². The smallest absolute Gasteiger partial charge is 0.309 e. The summed E-state index contributed by atoms with van der Waals surface area (Å²) in [7, 11) is 0. The van der Waals surface area contributed by atoms with Crippen molar-refractivity contribution in [3.8, 4) is 22.8 Å². The normalized spacial score (nSPS) is 17.9. The van der Waals surface area contributed by atoms with E-state index < -0.39 is 0 Å². The Morgan fingerprint density at radius 1 is 1.16 bits per heavy atom. The molecule has 1 aromatic carbocycles. The SMILES string of the molecule is CCOC(=O)C1CC(NCc2ccc(-c3noc(-c4ccc(CC(C)C)cc4)n3)cn2)C1. The van der Waals surface area contributed by atoms with E-state index in [1.807, 2.05) is 31.2 Å². The molecular formula is C25H30N4O3. The first kappa shape index (κ1) is 22.1. The first-order chi connectivity index (χ1) is 15.5. The molecule has 168 valence electrons. The number of nitrogens with zero attached hydrogens (tertiary/aromatic N) is 3. The number of pyridine rings is 1. The zero-order valence-corrected chi connectivity index (χ0v) is 18.9. The van der Waals surface area contributed by atoms with Crippen LogP contribution in [-0.4, -0.2) is 33.7 Å². The van der Waals surface area contributed by atoms with Crippen molar-refractivity contribution in [2.24, 2.45) is 11.8 Å². The summed E-state index contributed by atoms with van der Waals surface area (Å²) in [6, 6.07) is 12.5. The average Bonchev–Trinajstić information content (AvgIpc) is 3.23. The highest BCUT2D eigenvalue weighted by molar-refractivity contribution is 5.73. The fourth-order valence-electron chi connectivity index (χ4n) is 3.86. The molecule has 7 nitrogen and oxygen atoms in total. The van der Waals surface area contributed by atoms with E-state index in [-0.39, 0.29) is 11.9 Å². The van der Waals surface area contributed by atoms with Gasteiger partial charge < -0.3 is 14.6 Å². The Labute approximate surface area is 188 Å². The van der Waals surface area contributed by atoms with Crippen molar-refractivity contribution in [1.82, 2.24) is 20.4 Å². The van der Waals surface area contributed by atoms with Gasteiger partial charge in [0.15, 0.2) is 0 Å². The Morgan fingerprint density at radius 2 is 1.91 bits per heavy atom. The van der Waals surface area contributed by atoms with Gasteiger partial charge in [-0.15, -0.1) is 0 Å². The summed E-state index contributed by atoms with van der Waals surface area (Å²) in [6.45, 7) is 7.35. The largest absolute Gasteiger partial charge is 0.466 e. The molecule has 0 spiro atoms. The number of ether oxygens (including phenoxy) is 1. The van der Waals surface area contributed by atoms with E-state index in [0.29, 0.717) is 36.8 Å². The lowest BCUT2D eigenvalue weighted by molar-refractivity contribution is -0.151. The number of benzene rings is 1. The lowest BCUT2D eigenvalue weighted by atomic mass is 9.80. The highest BCUT2D eigenvalue weighted by Gasteiger charge is 2.35. The highest BCUT2D eigenvalue weighted by Crippen LogP contribution is 2.29. The number of hydrogen-bond donors (Lipinski definition) is 1. The first-order valence-electron chi connectivity index (χ1n) is 11.3. The molecule has 3 aromatic rings. The van der Waals surface area contributed by atoms with Crippen LogP contribution < -0.4 is 5.32 Å². The van der Waals surface area contributed by atoms with Crippen molar-refractivity contribution in [3.63, 3.8) is 0 Å². The molecule has 4 rings (SSSR count). The van der Waals surface area contributed by atoms with Gasteiger partial charge in [0.2, 0.25) is 5.82 Å². The molecule has 0 amide bonds. The molecule has 1 saturated carbocycles. The van der Waals surface area contributed by atoms with Crippen molar-refractivity contribution in [2.45, 2.75) is 52.6 Å². The van der Waals surface area contributed by atoms with E-state index >= 15 is 0 Å². The molecule has 0 bridgehead atoms. The molecule has 1 N–H and O–H groups in total. The number of hydrogen-bond acceptors (Lipinski definition) is 7. The molecule has 2 heterocycles. The van der Waals surface area contributed by atoms with E-state index in [1.54, 1.807) is 6.20 Å². The maximum absolute atomic E-state index is 11.7. The lowest BCUT2D eigenvalue weighted by Crippen LogP contribution is -2.44. The molecule has 7 heteroatoms.